The molecule has 0 saturated carbocycles. The number of anilines is 1. The highest BCUT2D eigenvalue weighted by atomic mass is 32.2. The van der Waals surface area contributed by atoms with Crippen molar-refractivity contribution in [2.24, 2.45) is 0 Å². The normalized spacial score (nSPS) is 11.8. The van der Waals surface area contributed by atoms with Crippen LogP contribution in [0.1, 0.15) is 27.8 Å². The van der Waals surface area contributed by atoms with Crippen LogP contribution in [0.3, 0.4) is 0 Å². The van der Waals surface area contributed by atoms with Gasteiger partial charge in [-0.25, -0.2) is 8.42 Å². The summed E-state index contributed by atoms with van der Waals surface area (Å²) in [4.78, 5) is 0. The molecule has 116 valence electrons. The Morgan fingerprint density at radius 1 is 0.909 bits per heavy atom. The maximum absolute atomic E-state index is 12.2. The van der Waals surface area contributed by atoms with Gasteiger partial charge in [0.25, 0.3) is 10.0 Å². The fourth-order valence-electron chi connectivity index (χ4n) is 2.49. The van der Waals surface area contributed by atoms with E-state index in [0.717, 1.165) is 22.3 Å². The number of hydrogen-bond acceptors (Lipinski definition) is 2. The molecule has 0 heterocycles. The molecule has 0 atom stereocenters. The second-order valence-corrected chi connectivity index (χ2v) is 7.14. The van der Waals surface area contributed by atoms with Crippen LogP contribution in [-0.2, 0) is 10.0 Å². The molecule has 0 saturated heterocycles. The van der Waals surface area contributed by atoms with Gasteiger partial charge in [0.1, 0.15) is 0 Å². The molecule has 2 aromatic rings. The van der Waals surface area contributed by atoms with Gasteiger partial charge in [-0.15, -0.1) is 0 Å². The van der Waals surface area contributed by atoms with Gasteiger partial charge in [-0.2, -0.15) is 0 Å². The zero-order valence-corrected chi connectivity index (χ0v) is 14.2. The van der Waals surface area contributed by atoms with Crippen molar-refractivity contribution in [1.29, 1.82) is 0 Å². The number of benzene rings is 2. The van der Waals surface area contributed by atoms with Crippen LogP contribution in [-0.4, -0.2) is 8.42 Å². The van der Waals surface area contributed by atoms with Crippen LogP contribution < -0.4 is 4.72 Å². The molecule has 3 nitrogen and oxygen atoms in total. The van der Waals surface area contributed by atoms with Gasteiger partial charge < -0.3 is 0 Å². The van der Waals surface area contributed by atoms with Crippen molar-refractivity contribution in [3.05, 3.63) is 69.6 Å². The lowest BCUT2D eigenvalue weighted by atomic mass is 10.0. The van der Waals surface area contributed by atoms with Crippen molar-refractivity contribution in [3.63, 3.8) is 0 Å². The quantitative estimate of drug-likeness (QED) is 0.912. The Bertz CT molecular complexity index is 798. The predicted octanol–water partition coefficient (Wildman–Crippen LogP) is 4.33. The van der Waals surface area contributed by atoms with Gasteiger partial charge in [0.15, 0.2) is 0 Å². The molecule has 22 heavy (non-hydrogen) atoms. The van der Waals surface area contributed by atoms with Crippen molar-refractivity contribution < 1.29 is 8.42 Å². The van der Waals surface area contributed by atoms with Crippen molar-refractivity contribution >= 4 is 21.8 Å². The third-order valence-corrected chi connectivity index (χ3v) is 4.55. The summed E-state index contributed by atoms with van der Waals surface area (Å²) < 4.78 is 27.0. The van der Waals surface area contributed by atoms with Gasteiger partial charge in [-0.3, -0.25) is 4.72 Å². The van der Waals surface area contributed by atoms with E-state index in [2.05, 4.69) is 4.72 Å². The van der Waals surface area contributed by atoms with E-state index >= 15 is 0 Å². The zero-order valence-electron chi connectivity index (χ0n) is 13.3. The fourth-order valence-corrected chi connectivity index (χ4v) is 3.41. The fraction of sp³-hybridized carbons (Fsp3) is 0.222. The number of hydrogen-bond donors (Lipinski definition) is 1. The second-order valence-electron chi connectivity index (χ2n) is 5.58. The van der Waals surface area contributed by atoms with E-state index in [0.29, 0.717) is 5.69 Å². The maximum atomic E-state index is 12.2. The Labute approximate surface area is 132 Å². The Morgan fingerprint density at radius 3 is 2.09 bits per heavy atom. The predicted molar refractivity (Wildman–Crippen MR) is 93.4 cm³/mol. The van der Waals surface area contributed by atoms with Crippen LogP contribution >= 0.6 is 0 Å². The van der Waals surface area contributed by atoms with Gasteiger partial charge in [-0.05, 0) is 62.1 Å². The van der Waals surface area contributed by atoms with E-state index < -0.39 is 10.0 Å². The molecule has 0 aliphatic carbocycles. The Balaban J connectivity index is 2.28. The van der Waals surface area contributed by atoms with Gasteiger partial charge in [0.2, 0.25) is 0 Å². The topological polar surface area (TPSA) is 46.2 Å². The SMILES string of the molecule is Cc1cc(C)c(C=CS(=O)(=O)Nc2ccccc2C)c(C)c1. The van der Waals surface area contributed by atoms with Crippen molar-refractivity contribution in [2.45, 2.75) is 27.7 Å². The summed E-state index contributed by atoms with van der Waals surface area (Å²) in [7, 11) is -3.53. The first-order valence-electron chi connectivity index (χ1n) is 7.13. The van der Waals surface area contributed by atoms with Crippen molar-refractivity contribution in [2.75, 3.05) is 4.72 Å². The van der Waals surface area contributed by atoms with Crippen LogP contribution in [0, 0.1) is 27.7 Å². The highest BCUT2D eigenvalue weighted by molar-refractivity contribution is 7.95. The molecule has 0 amide bonds. The van der Waals surface area contributed by atoms with E-state index in [1.807, 2.05) is 58.0 Å². The highest BCUT2D eigenvalue weighted by Gasteiger charge is 2.08. The first-order valence-corrected chi connectivity index (χ1v) is 8.67. The molecule has 0 aliphatic rings. The molecule has 0 fully saturated rings. The minimum absolute atomic E-state index is 0.601. The Hall–Kier alpha value is -2.07. The maximum Gasteiger partial charge on any atom is 0.255 e. The number of rotatable bonds is 4. The largest absolute Gasteiger partial charge is 0.280 e. The standard InChI is InChI=1S/C18H21NO2S/c1-13-11-15(3)17(16(4)12-13)9-10-22(20,21)19-18-8-6-5-7-14(18)2/h5-12,19H,1-4H3. The van der Waals surface area contributed by atoms with Crippen molar-refractivity contribution in [3.8, 4) is 0 Å². The summed E-state index contributed by atoms with van der Waals surface area (Å²) >= 11 is 0. The molecule has 0 aliphatic heterocycles. The number of sulfonamides is 1. The Kier molecular flexibility index (Phi) is 4.71. The van der Waals surface area contributed by atoms with Gasteiger partial charge in [-0.1, -0.05) is 35.9 Å². The number of para-hydroxylation sites is 1. The van der Waals surface area contributed by atoms with Crippen LogP contribution in [0.25, 0.3) is 6.08 Å². The first-order chi connectivity index (χ1) is 10.3. The molecule has 0 radical (unpaired) electrons. The van der Waals surface area contributed by atoms with E-state index in [1.165, 1.54) is 11.0 Å². The second kappa shape index (κ2) is 6.36. The monoisotopic (exact) mass is 315 g/mol. The lowest BCUT2D eigenvalue weighted by molar-refractivity contribution is 0.609. The Morgan fingerprint density at radius 2 is 1.50 bits per heavy atom. The summed E-state index contributed by atoms with van der Waals surface area (Å²) in [6, 6.07) is 11.4. The lowest BCUT2D eigenvalue weighted by Gasteiger charge is -2.09. The summed E-state index contributed by atoms with van der Waals surface area (Å²) in [5.41, 5.74) is 5.75. The van der Waals surface area contributed by atoms with Crippen LogP contribution in [0.15, 0.2) is 41.8 Å². The molecule has 2 rings (SSSR count). The smallest absolute Gasteiger partial charge is 0.255 e. The summed E-state index contributed by atoms with van der Waals surface area (Å²) in [6.07, 6.45) is 1.66. The highest BCUT2D eigenvalue weighted by Crippen LogP contribution is 2.20. The van der Waals surface area contributed by atoms with E-state index in [1.54, 1.807) is 12.1 Å². The van der Waals surface area contributed by atoms with Crippen LogP contribution in [0.5, 0.6) is 0 Å². The zero-order chi connectivity index (χ0) is 16.3. The lowest BCUT2D eigenvalue weighted by Crippen LogP contribution is -2.09. The number of nitrogens with one attached hydrogen (secondary N) is 1. The molecule has 4 heteroatoms. The van der Waals surface area contributed by atoms with Crippen LogP contribution in [0.4, 0.5) is 5.69 Å². The van der Waals surface area contributed by atoms with E-state index in [-0.39, 0.29) is 0 Å². The van der Waals surface area contributed by atoms with E-state index in [4.69, 9.17) is 0 Å². The average Bonchev–Trinajstić information content (AvgIpc) is 2.40. The molecule has 0 aromatic heterocycles. The third-order valence-electron chi connectivity index (χ3n) is 3.55. The molecular weight excluding hydrogens is 294 g/mol. The first kappa shape index (κ1) is 16.3. The third kappa shape index (κ3) is 3.98. The molecule has 2 aromatic carbocycles. The molecule has 0 spiro atoms. The van der Waals surface area contributed by atoms with Crippen LogP contribution in [0.2, 0.25) is 0 Å². The average molecular weight is 315 g/mol. The molecule has 1 N–H and O–H groups in total. The summed E-state index contributed by atoms with van der Waals surface area (Å²) in [6.45, 7) is 7.88. The number of aryl methyl sites for hydroxylation is 4. The molecule has 0 bridgehead atoms. The molecular formula is C18H21NO2S. The van der Waals surface area contributed by atoms with Gasteiger partial charge >= 0.3 is 0 Å². The van der Waals surface area contributed by atoms with Crippen molar-refractivity contribution in [1.82, 2.24) is 0 Å². The summed E-state index contributed by atoms with van der Waals surface area (Å²) in [5, 5.41) is 1.23. The van der Waals surface area contributed by atoms with E-state index in [9.17, 15) is 8.42 Å². The van der Waals surface area contributed by atoms with Gasteiger partial charge in [0.05, 0.1) is 11.1 Å². The minimum atomic E-state index is -3.53. The molecule has 0 unspecified atom stereocenters. The summed E-state index contributed by atoms with van der Waals surface area (Å²) in [5.74, 6) is 0. The minimum Gasteiger partial charge on any atom is -0.280 e. The van der Waals surface area contributed by atoms with Gasteiger partial charge in [0, 0.05) is 0 Å².